The van der Waals surface area contributed by atoms with Crippen LogP contribution in [0.25, 0.3) is 0 Å². The van der Waals surface area contributed by atoms with Gasteiger partial charge < -0.3 is 16.2 Å². The minimum absolute atomic E-state index is 0.273. The molecule has 2 aromatic carbocycles. The van der Waals surface area contributed by atoms with Crippen molar-refractivity contribution in [3.63, 3.8) is 0 Å². The van der Waals surface area contributed by atoms with Crippen LogP contribution in [0.5, 0.6) is 0 Å². The number of hydrogen-bond donors (Lipinski definition) is 5. The number of nitrogens with two attached hydrogens (primary N) is 1. The van der Waals surface area contributed by atoms with Crippen LogP contribution in [0.15, 0.2) is 48.5 Å². The summed E-state index contributed by atoms with van der Waals surface area (Å²) in [6.45, 7) is 1.32. The monoisotopic (exact) mass is 377 g/mol. The molecule has 0 spiro atoms. The lowest BCUT2D eigenvalue weighted by molar-refractivity contribution is -0.133. The molecule has 0 radical (unpaired) electrons. The maximum Gasteiger partial charge on any atom is 0.268 e. The fourth-order valence-electron chi connectivity index (χ4n) is 2.18. The number of anilines is 1. The maximum absolute atomic E-state index is 12.2. The van der Waals surface area contributed by atoms with Crippen LogP contribution in [0, 0.1) is 23.7 Å². The average Bonchev–Trinajstić information content (AvgIpc) is 2.70. The van der Waals surface area contributed by atoms with Crippen molar-refractivity contribution in [2.24, 2.45) is 0 Å². The molecule has 0 saturated carbocycles. The van der Waals surface area contributed by atoms with Crippen LogP contribution in [0.3, 0.4) is 0 Å². The van der Waals surface area contributed by atoms with Gasteiger partial charge in [0, 0.05) is 22.4 Å². The summed E-state index contributed by atoms with van der Waals surface area (Å²) >= 11 is 0. The Hall–Kier alpha value is -3.78. The summed E-state index contributed by atoms with van der Waals surface area (Å²) in [5, 5.41) is 20.6. The van der Waals surface area contributed by atoms with Gasteiger partial charge in [-0.25, -0.2) is 5.48 Å². The summed E-state index contributed by atoms with van der Waals surface area (Å²) in [7, 11) is 0. The number of aliphatic hydroxyl groups excluding tert-OH is 1. The van der Waals surface area contributed by atoms with Gasteiger partial charge in [-0.3, -0.25) is 14.8 Å². The van der Waals surface area contributed by atoms with E-state index in [4.69, 9.17) is 10.9 Å². The first kappa shape index (κ1) is 20.5. The van der Waals surface area contributed by atoms with Crippen molar-refractivity contribution in [1.29, 1.82) is 0 Å². The lowest BCUT2D eigenvalue weighted by atomic mass is 10.1. The molecule has 0 aromatic heterocycles. The van der Waals surface area contributed by atoms with Crippen LogP contribution in [0.4, 0.5) is 5.69 Å². The molecule has 2 amide bonds. The minimum atomic E-state index is -1.28. The molecule has 7 nitrogen and oxygen atoms in total. The smallest absolute Gasteiger partial charge is 0.268 e. The molecule has 2 rings (SSSR count). The predicted octanol–water partition coefficient (Wildman–Crippen LogP) is 0.657. The summed E-state index contributed by atoms with van der Waals surface area (Å²) in [4.78, 5) is 23.6. The Morgan fingerprint density at radius 1 is 0.964 bits per heavy atom. The molecular weight excluding hydrogens is 358 g/mol. The van der Waals surface area contributed by atoms with E-state index in [0.29, 0.717) is 11.3 Å². The van der Waals surface area contributed by atoms with Crippen LogP contribution in [-0.2, 0) is 4.79 Å². The Balaban J connectivity index is 2.03. The molecule has 0 saturated heterocycles. The Morgan fingerprint density at radius 2 is 1.46 bits per heavy atom. The van der Waals surface area contributed by atoms with Gasteiger partial charge in [-0.2, -0.15) is 0 Å². The van der Waals surface area contributed by atoms with Gasteiger partial charge >= 0.3 is 0 Å². The van der Waals surface area contributed by atoms with Crippen molar-refractivity contribution in [2.45, 2.75) is 19.1 Å². The first-order chi connectivity index (χ1) is 13.4. The van der Waals surface area contributed by atoms with E-state index in [2.05, 4.69) is 29.0 Å². The largest absolute Gasteiger partial charge is 0.399 e. The van der Waals surface area contributed by atoms with Crippen LogP contribution in [0.2, 0.25) is 0 Å². The zero-order valence-electron chi connectivity index (χ0n) is 15.1. The Bertz CT molecular complexity index is 959. The first-order valence-electron chi connectivity index (χ1n) is 8.31. The van der Waals surface area contributed by atoms with Gasteiger partial charge in [-0.15, -0.1) is 0 Å². The molecule has 7 heteroatoms. The predicted molar refractivity (Wildman–Crippen MR) is 104 cm³/mol. The van der Waals surface area contributed by atoms with E-state index in [0.717, 1.165) is 5.56 Å². The topological polar surface area (TPSA) is 125 Å². The normalized spacial score (nSPS) is 11.7. The van der Waals surface area contributed by atoms with Gasteiger partial charge in [0.05, 0.1) is 6.10 Å². The second-order valence-electron chi connectivity index (χ2n) is 5.87. The molecule has 142 valence electrons. The summed E-state index contributed by atoms with van der Waals surface area (Å²) < 4.78 is 0. The number of nitrogen functional groups attached to an aromatic ring is 1. The first-order valence-corrected chi connectivity index (χ1v) is 8.31. The van der Waals surface area contributed by atoms with Crippen molar-refractivity contribution >= 4 is 17.5 Å². The second-order valence-corrected chi connectivity index (χ2v) is 5.87. The van der Waals surface area contributed by atoms with Crippen LogP contribution >= 0.6 is 0 Å². The highest BCUT2D eigenvalue weighted by atomic mass is 16.5. The highest BCUT2D eigenvalue weighted by molar-refractivity contribution is 5.97. The quantitative estimate of drug-likeness (QED) is 0.232. The fourth-order valence-corrected chi connectivity index (χ4v) is 2.18. The van der Waals surface area contributed by atoms with Gasteiger partial charge in [-0.1, -0.05) is 11.8 Å². The van der Waals surface area contributed by atoms with Crippen molar-refractivity contribution in [3.05, 3.63) is 65.2 Å². The number of rotatable bonds is 4. The fraction of sp³-hybridized carbons (Fsp3) is 0.143. The van der Waals surface area contributed by atoms with Gasteiger partial charge in [0.25, 0.3) is 11.8 Å². The van der Waals surface area contributed by atoms with Gasteiger partial charge in [0.1, 0.15) is 6.04 Å². The number of carbonyl (C=O) groups excluding carboxylic acids is 2. The van der Waals surface area contributed by atoms with Crippen molar-refractivity contribution in [2.75, 3.05) is 5.73 Å². The summed E-state index contributed by atoms with van der Waals surface area (Å²) in [6, 6.07) is 12.2. The van der Waals surface area contributed by atoms with E-state index in [1.54, 1.807) is 36.4 Å². The number of hydrogen-bond acceptors (Lipinski definition) is 5. The van der Waals surface area contributed by atoms with E-state index >= 15 is 0 Å². The lowest BCUT2D eigenvalue weighted by Crippen LogP contribution is -2.51. The molecule has 2 aromatic rings. The van der Waals surface area contributed by atoms with Gasteiger partial charge in [-0.05, 0) is 67.3 Å². The van der Waals surface area contributed by atoms with E-state index < -0.39 is 24.0 Å². The molecule has 6 N–H and O–H groups in total. The minimum Gasteiger partial charge on any atom is -0.399 e. The summed E-state index contributed by atoms with van der Waals surface area (Å²) in [5.41, 5.74) is 9.40. The SMILES string of the molecule is C[C@H](O)[C@@H](NC(=O)c1ccc(C#CC#Cc2ccc(N)cc2)cc1)C(=O)NO. The Kier molecular flexibility index (Phi) is 7.18. The molecule has 0 heterocycles. The molecule has 0 unspecified atom stereocenters. The zero-order valence-corrected chi connectivity index (χ0v) is 15.1. The second kappa shape index (κ2) is 9.79. The van der Waals surface area contributed by atoms with Crippen LogP contribution < -0.4 is 16.5 Å². The van der Waals surface area contributed by atoms with Crippen molar-refractivity contribution < 1.29 is 19.9 Å². The van der Waals surface area contributed by atoms with E-state index in [9.17, 15) is 14.7 Å². The van der Waals surface area contributed by atoms with Gasteiger partial charge in [0.15, 0.2) is 0 Å². The van der Waals surface area contributed by atoms with Crippen LogP contribution in [-0.4, -0.2) is 34.3 Å². The molecule has 28 heavy (non-hydrogen) atoms. The highest BCUT2D eigenvalue weighted by Gasteiger charge is 2.25. The van der Waals surface area contributed by atoms with E-state index in [1.165, 1.54) is 24.5 Å². The summed E-state index contributed by atoms with van der Waals surface area (Å²) in [5.74, 6) is 9.74. The molecule has 0 aliphatic carbocycles. The summed E-state index contributed by atoms with van der Waals surface area (Å²) in [6.07, 6.45) is -1.18. The van der Waals surface area contributed by atoms with E-state index in [1.807, 2.05) is 0 Å². The maximum atomic E-state index is 12.2. The van der Waals surface area contributed by atoms with Crippen molar-refractivity contribution in [3.8, 4) is 23.7 Å². The Morgan fingerprint density at radius 3 is 1.93 bits per heavy atom. The standard InChI is InChI=1S/C21H19N3O4/c1-14(25)19(21(27)24-28)23-20(26)17-10-6-15(7-11-17)4-2-3-5-16-8-12-18(22)13-9-16/h6-14,19,25,28H,22H2,1H3,(H,23,26)(H,24,27)/t14-,19+/m0/s1. The van der Waals surface area contributed by atoms with Gasteiger partial charge in [0.2, 0.25) is 0 Å². The highest BCUT2D eigenvalue weighted by Crippen LogP contribution is 2.05. The molecule has 0 bridgehead atoms. The number of carbonyl (C=O) groups is 2. The third kappa shape index (κ3) is 5.89. The average molecular weight is 377 g/mol. The molecular formula is C21H19N3O4. The number of hydroxylamine groups is 1. The number of amides is 2. The lowest BCUT2D eigenvalue weighted by Gasteiger charge is -2.19. The molecule has 2 atom stereocenters. The number of aliphatic hydroxyl groups is 1. The number of benzene rings is 2. The molecule has 0 aliphatic heterocycles. The van der Waals surface area contributed by atoms with Crippen molar-refractivity contribution in [1.82, 2.24) is 10.8 Å². The molecule has 0 aliphatic rings. The zero-order chi connectivity index (χ0) is 20.5. The van der Waals surface area contributed by atoms with Crippen LogP contribution in [0.1, 0.15) is 28.4 Å². The third-order valence-corrected chi connectivity index (χ3v) is 3.70. The Labute approximate surface area is 162 Å². The molecule has 0 fully saturated rings. The third-order valence-electron chi connectivity index (χ3n) is 3.70. The van der Waals surface area contributed by atoms with E-state index in [-0.39, 0.29) is 5.56 Å². The number of nitrogens with one attached hydrogen (secondary N) is 2.